The Morgan fingerprint density at radius 3 is 2.77 bits per heavy atom. The number of halogens is 1. The Hall–Kier alpha value is -2.48. The van der Waals surface area contributed by atoms with Crippen LogP contribution in [0, 0.1) is 0 Å². The second-order valence-electron chi connectivity index (χ2n) is 5.88. The molecule has 4 rings (SSSR count). The van der Waals surface area contributed by atoms with Gasteiger partial charge in [0.15, 0.2) is 0 Å². The van der Waals surface area contributed by atoms with Crippen molar-refractivity contribution in [1.29, 1.82) is 0 Å². The fourth-order valence-electron chi connectivity index (χ4n) is 2.73. The van der Waals surface area contributed by atoms with Crippen LogP contribution in [0.15, 0.2) is 49.1 Å². The summed E-state index contributed by atoms with van der Waals surface area (Å²) in [5.41, 5.74) is 2.84. The number of nitrogens with zero attached hydrogens (tertiary/aromatic N) is 4. The smallest absolute Gasteiger partial charge is 0.148 e. The van der Waals surface area contributed by atoms with Gasteiger partial charge in [0, 0.05) is 28.7 Å². The van der Waals surface area contributed by atoms with Crippen LogP contribution in [0.1, 0.15) is 11.6 Å². The summed E-state index contributed by atoms with van der Waals surface area (Å²) in [6.45, 7) is -0.0629. The summed E-state index contributed by atoms with van der Waals surface area (Å²) in [4.78, 5) is 9.83. The monoisotopic (exact) mass is 385 g/mol. The van der Waals surface area contributed by atoms with Gasteiger partial charge in [-0.3, -0.25) is 4.68 Å². The number of thiophene rings is 1. The van der Waals surface area contributed by atoms with Gasteiger partial charge >= 0.3 is 0 Å². The second-order valence-corrected chi connectivity index (χ2v) is 7.37. The molecule has 0 aliphatic heterocycles. The minimum absolute atomic E-state index is 0.0629. The summed E-state index contributed by atoms with van der Waals surface area (Å²) >= 11 is 7.58. The average Bonchev–Trinajstić information content (AvgIpc) is 3.27. The lowest BCUT2D eigenvalue weighted by Gasteiger charge is -2.15. The number of nitrogens with one attached hydrogen (secondary N) is 1. The number of rotatable bonds is 5. The summed E-state index contributed by atoms with van der Waals surface area (Å²) in [7, 11) is 1.85. The summed E-state index contributed by atoms with van der Waals surface area (Å²) in [6, 6.07) is 9.46. The van der Waals surface area contributed by atoms with E-state index in [4.69, 9.17) is 11.6 Å². The third-order valence-electron chi connectivity index (χ3n) is 4.06. The molecule has 0 saturated heterocycles. The topological polar surface area (TPSA) is 75.9 Å². The SMILES string of the molecule is Cn1cc([C@@H](CO)Nc2ncnc3cc(-c4ccc(Cl)cc4)sc23)cn1. The first-order valence-corrected chi connectivity index (χ1v) is 9.20. The fourth-order valence-corrected chi connectivity index (χ4v) is 3.93. The van der Waals surface area contributed by atoms with E-state index in [1.165, 1.54) is 6.33 Å². The van der Waals surface area contributed by atoms with Crippen LogP contribution in [0.25, 0.3) is 20.7 Å². The van der Waals surface area contributed by atoms with Crippen molar-refractivity contribution in [3.8, 4) is 10.4 Å². The highest BCUT2D eigenvalue weighted by molar-refractivity contribution is 7.22. The minimum atomic E-state index is -0.289. The van der Waals surface area contributed by atoms with Gasteiger partial charge in [0.05, 0.1) is 29.1 Å². The number of benzene rings is 1. The standard InChI is InChI=1S/C18H16ClN5OS/c1-24-8-12(7-22-24)15(9-25)23-18-17-14(20-10-21-18)6-16(26-17)11-2-4-13(19)5-3-11/h2-8,10,15,25H,9H2,1H3,(H,20,21,23)/t15-/m1/s1. The molecule has 1 atom stereocenters. The molecule has 0 aliphatic rings. The largest absolute Gasteiger partial charge is 0.394 e. The van der Waals surface area contributed by atoms with Crippen LogP contribution in [-0.2, 0) is 7.05 Å². The van der Waals surface area contributed by atoms with E-state index in [1.54, 1.807) is 22.2 Å². The van der Waals surface area contributed by atoms with Crippen molar-refractivity contribution in [1.82, 2.24) is 19.7 Å². The zero-order chi connectivity index (χ0) is 18.1. The first-order chi connectivity index (χ1) is 12.6. The highest BCUT2D eigenvalue weighted by Gasteiger charge is 2.16. The molecule has 0 bridgehead atoms. The molecule has 0 aliphatic carbocycles. The van der Waals surface area contributed by atoms with Crippen molar-refractivity contribution in [2.75, 3.05) is 11.9 Å². The van der Waals surface area contributed by atoms with Crippen LogP contribution < -0.4 is 5.32 Å². The summed E-state index contributed by atoms with van der Waals surface area (Å²) in [5, 5.41) is 18.0. The molecule has 3 heterocycles. The van der Waals surface area contributed by atoms with Gasteiger partial charge in [0.2, 0.25) is 0 Å². The van der Waals surface area contributed by atoms with Crippen LogP contribution in [-0.4, -0.2) is 31.5 Å². The number of aryl methyl sites for hydroxylation is 1. The molecule has 6 nitrogen and oxygen atoms in total. The van der Waals surface area contributed by atoms with Gasteiger partial charge in [-0.15, -0.1) is 11.3 Å². The lowest BCUT2D eigenvalue weighted by molar-refractivity contribution is 0.276. The van der Waals surface area contributed by atoms with Gasteiger partial charge in [0.1, 0.15) is 12.1 Å². The van der Waals surface area contributed by atoms with Crippen molar-refractivity contribution >= 4 is 39.0 Å². The van der Waals surface area contributed by atoms with E-state index < -0.39 is 0 Å². The number of fused-ring (bicyclic) bond motifs is 1. The van der Waals surface area contributed by atoms with Gasteiger partial charge < -0.3 is 10.4 Å². The summed E-state index contributed by atoms with van der Waals surface area (Å²) in [5.74, 6) is 0.697. The van der Waals surface area contributed by atoms with E-state index in [2.05, 4.69) is 20.4 Å². The zero-order valence-corrected chi connectivity index (χ0v) is 15.5. The Kier molecular flexibility index (Phi) is 4.58. The average molecular weight is 386 g/mol. The van der Waals surface area contributed by atoms with Crippen LogP contribution in [0.2, 0.25) is 5.02 Å². The molecule has 0 unspecified atom stereocenters. The predicted octanol–water partition coefficient (Wildman–Crippen LogP) is 3.89. The molecule has 2 N–H and O–H groups in total. The van der Waals surface area contributed by atoms with Crippen LogP contribution in [0.5, 0.6) is 0 Å². The van der Waals surface area contributed by atoms with E-state index in [0.717, 1.165) is 26.2 Å². The Labute approximate surface area is 159 Å². The molecule has 3 aromatic heterocycles. The maximum absolute atomic E-state index is 9.78. The molecular formula is C18H16ClN5OS. The minimum Gasteiger partial charge on any atom is -0.394 e. The van der Waals surface area contributed by atoms with Crippen molar-refractivity contribution < 1.29 is 5.11 Å². The Balaban J connectivity index is 1.70. The van der Waals surface area contributed by atoms with E-state index in [0.29, 0.717) is 10.8 Å². The number of aliphatic hydroxyl groups is 1. The molecule has 8 heteroatoms. The maximum Gasteiger partial charge on any atom is 0.148 e. The number of hydrogen-bond acceptors (Lipinski definition) is 6. The molecule has 0 amide bonds. The molecule has 4 aromatic rings. The van der Waals surface area contributed by atoms with Crippen molar-refractivity contribution in [3.63, 3.8) is 0 Å². The molecule has 0 fully saturated rings. The normalized spacial score (nSPS) is 12.4. The highest BCUT2D eigenvalue weighted by atomic mass is 35.5. The second kappa shape index (κ2) is 7.03. The summed E-state index contributed by atoms with van der Waals surface area (Å²) < 4.78 is 2.65. The van der Waals surface area contributed by atoms with E-state index in [9.17, 15) is 5.11 Å². The predicted molar refractivity (Wildman–Crippen MR) is 105 cm³/mol. The molecule has 0 radical (unpaired) electrons. The van der Waals surface area contributed by atoms with Crippen molar-refractivity contribution in [3.05, 3.63) is 59.6 Å². The third-order valence-corrected chi connectivity index (χ3v) is 5.49. The van der Waals surface area contributed by atoms with Gasteiger partial charge in [-0.2, -0.15) is 5.10 Å². The molecule has 0 spiro atoms. The molecular weight excluding hydrogens is 370 g/mol. The Morgan fingerprint density at radius 1 is 1.27 bits per heavy atom. The van der Waals surface area contributed by atoms with Crippen LogP contribution in [0.4, 0.5) is 5.82 Å². The molecule has 0 saturated carbocycles. The van der Waals surface area contributed by atoms with Gasteiger partial charge in [-0.25, -0.2) is 9.97 Å². The van der Waals surface area contributed by atoms with E-state index >= 15 is 0 Å². The quantitative estimate of drug-likeness (QED) is 0.545. The molecule has 132 valence electrons. The first-order valence-electron chi connectivity index (χ1n) is 8.00. The maximum atomic E-state index is 9.78. The molecule has 1 aromatic carbocycles. The number of anilines is 1. The van der Waals surface area contributed by atoms with E-state index in [-0.39, 0.29) is 12.6 Å². The number of aromatic nitrogens is 4. The Morgan fingerprint density at radius 2 is 2.08 bits per heavy atom. The van der Waals surface area contributed by atoms with Crippen molar-refractivity contribution in [2.24, 2.45) is 7.05 Å². The van der Waals surface area contributed by atoms with Crippen LogP contribution >= 0.6 is 22.9 Å². The van der Waals surface area contributed by atoms with E-state index in [1.807, 2.05) is 43.6 Å². The Bertz CT molecular complexity index is 1040. The van der Waals surface area contributed by atoms with Gasteiger partial charge in [0.25, 0.3) is 0 Å². The number of hydrogen-bond donors (Lipinski definition) is 2. The molecule has 26 heavy (non-hydrogen) atoms. The van der Waals surface area contributed by atoms with Crippen LogP contribution in [0.3, 0.4) is 0 Å². The third kappa shape index (κ3) is 3.29. The lowest BCUT2D eigenvalue weighted by atomic mass is 10.1. The zero-order valence-electron chi connectivity index (χ0n) is 13.9. The first kappa shape index (κ1) is 17.0. The highest BCUT2D eigenvalue weighted by Crippen LogP contribution is 2.36. The van der Waals surface area contributed by atoms with Gasteiger partial charge in [-0.1, -0.05) is 23.7 Å². The van der Waals surface area contributed by atoms with Crippen molar-refractivity contribution in [2.45, 2.75) is 6.04 Å². The fraction of sp³-hybridized carbons (Fsp3) is 0.167. The lowest BCUT2D eigenvalue weighted by Crippen LogP contribution is -2.15. The summed E-state index contributed by atoms with van der Waals surface area (Å²) in [6.07, 6.45) is 5.14. The van der Waals surface area contributed by atoms with Gasteiger partial charge in [-0.05, 0) is 23.8 Å². The number of aliphatic hydroxyl groups excluding tert-OH is 1.